The molecule has 1 aromatic rings. The number of hydrogen-bond donors (Lipinski definition) is 1. The van der Waals surface area contributed by atoms with E-state index in [0.717, 1.165) is 18.2 Å². The third kappa shape index (κ3) is 1.99. The molecule has 0 saturated heterocycles. The van der Waals surface area contributed by atoms with Crippen molar-refractivity contribution in [1.82, 2.24) is 0 Å². The van der Waals surface area contributed by atoms with Crippen LogP contribution in [-0.4, -0.2) is 6.04 Å². The Morgan fingerprint density at radius 1 is 1.33 bits per heavy atom. The van der Waals surface area contributed by atoms with Crippen LogP contribution < -0.4 is 5.73 Å². The summed E-state index contributed by atoms with van der Waals surface area (Å²) < 4.78 is 31.5. The second-order valence-electron chi connectivity index (χ2n) is 3.49. The van der Waals surface area contributed by atoms with Crippen LogP contribution in [0.1, 0.15) is 18.1 Å². The van der Waals surface area contributed by atoms with Crippen molar-refractivity contribution in [2.75, 3.05) is 0 Å². The first kappa shape index (κ1) is 10.1. The highest BCUT2D eigenvalue weighted by atomic mass is 19.1. The minimum atomic E-state index is -0.606. The molecule has 0 saturated carbocycles. The van der Waals surface area contributed by atoms with Crippen LogP contribution in [0.15, 0.2) is 30.5 Å². The summed E-state index contributed by atoms with van der Waals surface area (Å²) in [7, 11) is 0. The van der Waals surface area contributed by atoms with Gasteiger partial charge in [-0.1, -0.05) is 0 Å². The Morgan fingerprint density at radius 3 is 2.87 bits per heavy atom. The summed E-state index contributed by atoms with van der Waals surface area (Å²) in [6, 6.07) is 2.94. The Bertz CT molecular complexity index is 392. The molecule has 1 heterocycles. The Kier molecular flexibility index (Phi) is 2.68. The summed E-state index contributed by atoms with van der Waals surface area (Å²) in [5.41, 5.74) is 5.94. The van der Waals surface area contributed by atoms with E-state index in [-0.39, 0.29) is 11.6 Å². The minimum Gasteiger partial charge on any atom is -0.492 e. The van der Waals surface area contributed by atoms with Crippen LogP contribution in [0.25, 0.3) is 0 Å². The zero-order chi connectivity index (χ0) is 10.8. The van der Waals surface area contributed by atoms with Crippen molar-refractivity contribution in [2.45, 2.75) is 18.6 Å². The van der Waals surface area contributed by atoms with Gasteiger partial charge in [0.2, 0.25) is 0 Å². The normalized spacial score (nSPS) is 25.0. The number of rotatable bonds is 1. The lowest BCUT2D eigenvalue weighted by Gasteiger charge is -2.26. The molecule has 0 aromatic heterocycles. The lowest BCUT2D eigenvalue weighted by atomic mass is 9.98. The first-order chi connectivity index (χ1) is 7.18. The van der Waals surface area contributed by atoms with Gasteiger partial charge in [-0.15, -0.1) is 0 Å². The predicted octanol–water partition coefficient (Wildman–Crippen LogP) is 2.27. The molecule has 2 rings (SSSR count). The molecule has 1 aliphatic heterocycles. The molecule has 1 aromatic carbocycles. The van der Waals surface area contributed by atoms with Gasteiger partial charge in [-0.25, -0.2) is 8.78 Å². The van der Waals surface area contributed by atoms with Crippen LogP contribution in [0.2, 0.25) is 0 Å². The molecule has 2 nitrogen and oxygen atoms in total. The van der Waals surface area contributed by atoms with Crippen molar-refractivity contribution in [3.63, 3.8) is 0 Å². The number of ether oxygens (including phenoxy) is 1. The van der Waals surface area contributed by atoms with E-state index < -0.39 is 17.7 Å². The van der Waals surface area contributed by atoms with Gasteiger partial charge in [-0.2, -0.15) is 0 Å². The molecule has 1 aliphatic rings. The Morgan fingerprint density at radius 2 is 2.13 bits per heavy atom. The van der Waals surface area contributed by atoms with Crippen LogP contribution in [-0.2, 0) is 4.74 Å². The van der Waals surface area contributed by atoms with E-state index in [1.807, 2.05) is 0 Å². The second kappa shape index (κ2) is 3.98. The maximum atomic E-state index is 13.4. The van der Waals surface area contributed by atoms with Crippen molar-refractivity contribution in [3.05, 3.63) is 47.7 Å². The summed E-state index contributed by atoms with van der Waals surface area (Å²) in [6.07, 6.45) is 3.22. The lowest BCUT2D eigenvalue weighted by molar-refractivity contribution is 0.102. The molecule has 0 spiro atoms. The standard InChI is InChI=1S/C11H11F2NO/c12-7-3-4-9(13)8(6-7)11-10(14)2-1-5-15-11/h1,3-6,10-11H,2,14H2/t10-,11+/m0/s1. The van der Waals surface area contributed by atoms with Gasteiger partial charge in [0, 0.05) is 11.6 Å². The van der Waals surface area contributed by atoms with Crippen LogP contribution in [0.5, 0.6) is 0 Å². The Balaban J connectivity index is 2.35. The fourth-order valence-electron chi connectivity index (χ4n) is 1.61. The summed E-state index contributed by atoms with van der Waals surface area (Å²) in [4.78, 5) is 0. The molecule has 2 N–H and O–H groups in total. The molecule has 80 valence electrons. The van der Waals surface area contributed by atoms with E-state index in [1.54, 1.807) is 6.08 Å². The maximum absolute atomic E-state index is 13.4. The van der Waals surface area contributed by atoms with E-state index in [2.05, 4.69) is 0 Å². The van der Waals surface area contributed by atoms with E-state index in [4.69, 9.17) is 10.5 Å². The molecule has 15 heavy (non-hydrogen) atoms. The van der Waals surface area contributed by atoms with Crippen molar-refractivity contribution in [3.8, 4) is 0 Å². The van der Waals surface area contributed by atoms with E-state index in [1.165, 1.54) is 6.26 Å². The topological polar surface area (TPSA) is 35.2 Å². The number of halogens is 2. The average molecular weight is 211 g/mol. The smallest absolute Gasteiger partial charge is 0.141 e. The molecule has 0 fully saturated rings. The molecule has 0 radical (unpaired) electrons. The van der Waals surface area contributed by atoms with Gasteiger partial charge in [0.15, 0.2) is 0 Å². The number of hydrogen-bond acceptors (Lipinski definition) is 2. The van der Waals surface area contributed by atoms with Crippen LogP contribution in [0.4, 0.5) is 8.78 Å². The molecule has 4 heteroatoms. The zero-order valence-corrected chi connectivity index (χ0v) is 7.99. The van der Waals surface area contributed by atoms with Crippen molar-refractivity contribution in [2.24, 2.45) is 5.73 Å². The van der Waals surface area contributed by atoms with Gasteiger partial charge < -0.3 is 10.5 Å². The third-order valence-corrected chi connectivity index (χ3v) is 2.38. The largest absolute Gasteiger partial charge is 0.492 e. The van der Waals surface area contributed by atoms with Crippen LogP contribution in [0.3, 0.4) is 0 Å². The molecular formula is C11H11F2NO. The number of benzene rings is 1. The van der Waals surface area contributed by atoms with Gasteiger partial charge >= 0.3 is 0 Å². The molecule has 0 amide bonds. The van der Waals surface area contributed by atoms with E-state index in [9.17, 15) is 8.78 Å². The maximum Gasteiger partial charge on any atom is 0.141 e. The Hall–Kier alpha value is -1.42. The van der Waals surface area contributed by atoms with Crippen LogP contribution >= 0.6 is 0 Å². The van der Waals surface area contributed by atoms with E-state index in [0.29, 0.717) is 6.42 Å². The fraction of sp³-hybridized carbons (Fsp3) is 0.273. The van der Waals surface area contributed by atoms with Gasteiger partial charge in [0.05, 0.1) is 6.26 Å². The van der Waals surface area contributed by atoms with Crippen molar-refractivity contribution in [1.29, 1.82) is 0 Å². The summed E-state index contributed by atoms with van der Waals surface area (Å²) >= 11 is 0. The monoisotopic (exact) mass is 211 g/mol. The van der Waals surface area contributed by atoms with Crippen molar-refractivity contribution >= 4 is 0 Å². The van der Waals surface area contributed by atoms with Gasteiger partial charge in [0.25, 0.3) is 0 Å². The van der Waals surface area contributed by atoms with Crippen molar-refractivity contribution < 1.29 is 13.5 Å². The van der Waals surface area contributed by atoms with Gasteiger partial charge in [-0.3, -0.25) is 0 Å². The quantitative estimate of drug-likeness (QED) is 0.773. The SMILES string of the molecule is N[C@H]1CC=CO[C@@H]1c1cc(F)ccc1F. The number of nitrogens with two attached hydrogens (primary N) is 1. The van der Waals surface area contributed by atoms with Crippen LogP contribution in [0, 0.1) is 11.6 Å². The lowest BCUT2D eigenvalue weighted by Crippen LogP contribution is -2.31. The molecule has 0 bridgehead atoms. The summed E-state index contributed by atoms with van der Waals surface area (Å²) in [5.74, 6) is -0.982. The summed E-state index contributed by atoms with van der Waals surface area (Å²) in [5, 5.41) is 0. The van der Waals surface area contributed by atoms with Gasteiger partial charge in [-0.05, 0) is 30.7 Å². The Labute approximate surface area is 86.3 Å². The third-order valence-electron chi connectivity index (χ3n) is 2.38. The predicted molar refractivity (Wildman–Crippen MR) is 51.9 cm³/mol. The van der Waals surface area contributed by atoms with Gasteiger partial charge in [0.1, 0.15) is 17.7 Å². The molecule has 0 unspecified atom stereocenters. The highest BCUT2D eigenvalue weighted by molar-refractivity contribution is 5.23. The first-order valence-electron chi connectivity index (χ1n) is 4.69. The fourth-order valence-corrected chi connectivity index (χ4v) is 1.61. The second-order valence-corrected chi connectivity index (χ2v) is 3.49. The zero-order valence-electron chi connectivity index (χ0n) is 7.99. The first-order valence-corrected chi connectivity index (χ1v) is 4.69. The molecular weight excluding hydrogens is 200 g/mol. The highest BCUT2D eigenvalue weighted by Gasteiger charge is 2.25. The molecule has 0 aliphatic carbocycles. The minimum absolute atomic E-state index is 0.173. The molecule has 2 atom stereocenters. The average Bonchev–Trinajstić information content (AvgIpc) is 2.23. The van der Waals surface area contributed by atoms with E-state index >= 15 is 0 Å². The summed E-state index contributed by atoms with van der Waals surface area (Å²) in [6.45, 7) is 0. The highest BCUT2D eigenvalue weighted by Crippen LogP contribution is 2.28.